The fourth-order valence-corrected chi connectivity index (χ4v) is 3.94. The van der Waals surface area contributed by atoms with Crippen LogP contribution in [0.2, 0.25) is 5.02 Å². The average molecular weight is 438 g/mol. The second kappa shape index (κ2) is 8.44. The molecule has 6 nitrogen and oxygen atoms in total. The van der Waals surface area contributed by atoms with E-state index in [2.05, 4.69) is 32.5 Å². The standard InChI is InChI=1S/C15H18BrClN2O4S/c1-10(16)8-18-15(20)11-4-5-13(17)14(7-11)24(21,22)19-9-12-3-2-6-23-12/h4-5,7,12,19H,1-3,6,8-9H2,(H,18,20). The van der Waals surface area contributed by atoms with E-state index in [0.717, 1.165) is 12.8 Å². The minimum atomic E-state index is -3.83. The van der Waals surface area contributed by atoms with Crippen LogP contribution >= 0.6 is 27.5 Å². The second-order valence-electron chi connectivity index (χ2n) is 5.33. The first kappa shape index (κ1) is 19.4. The second-order valence-corrected chi connectivity index (χ2v) is 8.60. The molecule has 24 heavy (non-hydrogen) atoms. The molecular formula is C15H18BrClN2O4S. The molecule has 132 valence electrons. The summed E-state index contributed by atoms with van der Waals surface area (Å²) in [5.74, 6) is -0.414. The van der Waals surface area contributed by atoms with Crippen molar-refractivity contribution in [3.05, 3.63) is 39.8 Å². The predicted octanol–water partition coefficient (Wildman–Crippen LogP) is 2.44. The zero-order valence-corrected chi connectivity index (χ0v) is 16.0. The molecule has 0 radical (unpaired) electrons. The molecule has 9 heteroatoms. The van der Waals surface area contributed by atoms with Crippen LogP contribution in [0.5, 0.6) is 0 Å². The summed E-state index contributed by atoms with van der Waals surface area (Å²) in [5, 5.41) is 2.66. The maximum atomic E-state index is 12.4. The smallest absolute Gasteiger partial charge is 0.251 e. The molecule has 1 unspecified atom stereocenters. The molecule has 0 saturated carbocycles. The van der Waals surface area contributed by atoms with Crippen LogP contribution in [0.15, 0.2) is 34.2 Å². The number of carbonyl (C=O) groups excluding carboxylic acids is 1. The van der Waals surface area contributed by atoms with Crippen molar-refractivity contribution in [2.24, 2.45) is 0 Å². The molecule has 1 saturated heterocycles. The maximum absolute atomic E-state index is 12.4. The van der Waals surface area contributed by atoms with Crippen molar-refractivity contribution in [2.45, 2.75) is 23.8 Å². The normalized spacial score (nSPS) is 17.7. The van der Waals surface area contributed by atoms with Crippen molar-refractivity contribution < 1.29 is 17.9 Å². The number of halogens is 2. The summed E-state index contributed by atoms with van der Waals surface area (Å²) in [6.07, 6.45) is 1.60. The molecule has 1 aromatic rings. The average Bonchev–Trinajstić information content (AvgIpc) is 3.04. The Morgan fingerprint density at radius 3 is 2.83 bits per heavy atom. The van der Waals surface area contributed by atoms with Crippen LogP contribution in [-0.2, 0) is 14.8 Å². The van der Waals surface area contributed by atoms with E-state index in [4.69, 9.17) is 16.3 Å². The SMILES string of the molecule is C=C(Br)CNC(=O)c1ccc(Cl)c(S(=O)(=O)NCC2CCCO2)c1. The van der Waals surface area contributed by atoms with E-state index in [9.17, 15) is 13.2 Å². The van der Waals surface area contributed by atoms with E-state index in [1.165, 1.54) is 18.2 Å². The zero-order chi connectivity index (χ0) is 17.7. The van der Waals surface area contributed by atoms with Gasteiger partial charge < -0.3 is 10.1 Å². The van der Waals surface area contributed by atoms with Gasteiger partial charge in [0.15, 0.2) is 0 Å². The minimum Gasteiger partial charge on any atom is -0.377 e. The third-order valence-corrected chi connectivity index (χ3v) is 5.63. The summed E-state index contributed by atoms with van der Waals surface area (Å²) in [4.78, 5) is 11.9. The topological polar surface area (TPSA) is 84.5 Å². The van der Waals surface area contributed by atoms with Crippen molar-refractivity contribution in [1.29, 1.82) is 0 Å². The molecule has 2 N–H and O–H groups in total. The molecule has 2 rings (SSSR count). The molecule has 0 aromatic heterocycles. The summed E-state index contributed by atoms with van der Waals surface area (Å²) in [7, 11) is -3.83. The van der Waals surface area contributed by atoms with Crippen molar-refractivity contribution in [3.63, 3.8) is 0 Å². The van der Waals surface area contributed by atoms with Crippen molar-refractivity contribution in [1.82, 2.24) is 10.0 Å². The zero-order valence-electron chi connectivity index (χ0n) is 12.8. The van der Waals surface area contributed by atoms with Gasteiger partial charge in [0.1, 0.15) is 4.90 Å². The molecule has 1 heterocycles. The van der Waals surface area contributed by atoms with Gasteiger partial charge in [-0.1, -0.05) is 34.1 Å². The number of hydrogen-bond acceptors (Lipinski definition) is 4. The minimum absolute atomic E-state index is 0.0521. The number of rotatable bonds is 7. The Morgan fingerprint density at radius 1 is 1.46 bits per heavy atom. The Hall–Kier alpha value is -0.930. The van der Waals surface area contributed by atoms with Crippen LogP contribution < -0.4 is 10.0 Å². The summed E-state index contributed by atoms with van der Waals surface area (Å²) >= 11 is 9.14. The van der Waals surface area contributed by atoms with E-state index in [1.807, 2.05) is 0 Å². The molecule has 0 bridgehead atoms. The highest BCUT2D eigenvalue weighted by Gasteiger charge is 2.23. The molecule has 0 spiro atoms. The Bertz CT molecular complexity index is 733. The Labute approximate surface area is 154 Å². The fraction of sp³-hybridized carbons (Fsp3) is 0.400. The Morgan fingerprint density at radius 2 is 2.21 bits per heavy atom. The van der Waals surface area contributed by atoms with Gasteiger partial charge in [0.05, 0.1) is 11.1 Å². The third kappa shape index (κ3) is 5.29. The van der Waals surface area contributed by atoms with Gasteiger partial charge in [-0.2, -0.15) is 0 Å². The molecule has 1 aliphatic heterocycles. The molecule has 1 atom stereocenters. The van der Waals surface area contributed by atoms with Crippen LogP contribution in [0.1, 0.15) is 23.2 Å². The maximum Gasteiger partial charge on any atom is 0.251 e. The van der Waals surface area contributed by atoms with E-state index in [0.29, 0.717) is 11.1 Å². The van der Waals surface area contributed by atoms with Crippen LogP contribution in [0, 0.1) is 0 Å². The van der Waals surface area contributed by atoms with E-state index < -0.39 is 15.9 Å². The highest BCUT2D eigenvalue weighted by atomic mass is 79.9. The van der Waals surface area contributed by atoms with Gasteiger partial charge in [-0.05, 0) is 31.0 Å². The number of benzene rings is 1. The lowest BCUT2D eigenvalue weighted by Gasteiger charge is -2.13. The monoisotopic (exact) mass is 436 g/mol. The van der Waals surface area contributed by atoms with Crippen molar-refractivity contribution in [3.8, 4) is 0 Å². The van der Waals surface area contributed by atoms with Gasteiger partial charge in [-0.3, -0.25) is 4.79 Å². The largest absolute Gasteiger partial charge is 0.377 e. The summed E-state index contributed by atoms with van der Waals surface area (Å²) in [5.41, 5.74) is 0.200. The Balaban J connectivity index is 2.14. The lowest BCUT2D eigenvalue weighted by molar-refractivity contribution is 0.0957. The number of nitrogens with one attached hydrogen (secondary N) is 2. The van der Waals surface area contributed by atoms with Gasteiger partial charge in [0, 0.05) is 29.7 Å². The van der Waals surface area contributed by atoms with Crippen molar-refractivity contribution in [2.75, 3.05) is 19.7 Å². The van der Waals surface area contributed by atoms with Gasteiger partial charge in [-0.25, -0.2) is 13.1 Å². The first-order valence-electron chi connectivity index (χ1n) is 7.32. The van der Waals surface area contributed by atoms with E-state index in [-0.39, 0.29) is 34.7 Å². The lowest BCUT2D eigenvalue weighted by Crippen LogP contribution is -2.32. The predicted molar refractivity (Wildman–Crippen MR) is 96.0 cm³/mol. The quantitative estimate of drug-likeness (QED) is 0.686. The molecule has 1 aromatic carbocycles. The first-order chi connectivity index (χ1) is 11.3. The number of hydrogen-bond donors (Lipinski definition) is 2. The number of ether oxygens (including phenoxy) is 1. The highest BCUT2D eigenvalue weighted by Crippen LogP contribution is 2.23. The van der Waals surface area contributed by atoms with Crippen LogP contribution in [-0.4, -0.2) is 40.1 Å². The molecule has 0 aliphatic carbocycles. The van der Waals surface area contributed by atoms with Crippen LogP contribution in [0.3, 0.4) is 0 Å². The van der Waals surface area contributed by atoms with E-state index in [1.54, 1.807) is 0 Å². The van der Waals surface area contributed by atoms with Crippen LogP contribution in [0.25, 0.3) is 0 Å². The van der Waals surface area contributed by atoms with E-state index >= 15 is 0 Å². The van der Waals surface area contributed by atoms with Crippen molar-refractivity contribution >= 4 is 43.5 Å². The molecular weight excluding hydrogens is 420 g/mol. The third-order valence-electron chi connectivity index (χ3n) is 3.45. The summed E-state index contributed by atoms with van der Waals surface area (Å²) in [6, 6.07) is 4.11. The molecule has 1 fully saturated rings. The Kier molecular flexibility index (Phi) is 6.82. The summed E-state index contributed by atoms with van der Waals surface area (Å²) in [6.45, 7) is 4.67. The summed E-state index contributed by atoms with van der Waals surface area (Å²) < 4.78 is 33.4. The molecule has 1 amide bonds. The van der Waals surface area contributed by atoms with Gasteiger partial charge in [0.2, 0.25) is 10.0 Å². The van der Waals surface area contributed by atoms with Gasteiger partial charge in [0.25, 0.3) is 5.91 Å². The lowest BCUT2D eigenvalue weighted by atomic mass is 10.2. The first-order valence-corrected chi connectivity index (χ1v) is 9.97. The fourth-order valence-electron chi connectivity index (χ4n) is 2.21. The number of carbonyl (C=O) groups is 1. The van der Waals surface area contributed by atoms with Crippen LogP contribution in [0.4, 0.5) is 0 Å². The molecule has 1 aliphatic rings. The number of amides is 1. The van der Waals surface area contributed by atoms with Gasteiger partial charge in [-0.15, -0.1) is 0 Å². The van der Waals surface area contributed by atoms with Gasteiger partial charge >= 0.3 is 0 Å². The number of sulfonamides is 1. The highest BCUT2D eigenvalue weighted by molar-refractivity contribution is 9.11.